The van der Waals surface area contributed by atoms with Crippen LogP contribution in [0.25, 0.3) is 49.7 Å². The van der Waals surface area contributed by atoms with Gasteiger partial charge in [0.1, 0.15) is 40.9 Å². The SMILES string of the molecule is Cn1nc(NS(C)(=O)=O)c2c(Cl)ccc(-n3c([C@H](Cc4cc(F)cc(F)c4)NC(=O)Cn4nc(C(F)F)c5c4C(F)(F)[C@@H]4C[C@H]54)nc4cc(-c5ccc6ocnc6c5)ccc4c3=O)c21. The lowest BCUT2D eigenvalue weighted by Gasteiger charge is -2.24. The summed E-state index contributed by atoms with van der Waals surface area (Å²) in [7, 11) is -2.46. The summed E-state index contributed by atoms with van der Waals surface area (Å²) in [4.78, 5) is 38.4. The lowest BCUT2D eigenvalue weighted by atomic mass is 10.0. The van der Waals surface area contributed by atoms with E-state index in [1.165, 1.54) is 36.3 Å². The Labute approximate surface area is 361 Å². The zero-order chi connectivity index (χ0) is 45.1. The van der Waals surface area contributed by atoms with Crippen LogP contribution in [0.5, 0.6) is 0 Å². The van der Waals surface area contributed by atoms with Crippen molar-refractivity contribution in [2.45, 2.75) is 43.7 Å². The van der Waals surface area contributed by atoms with Crippen LogP contribution < -0.4 is 15.6 Å². The molecule has 4 aromatic carbocycles. The average Bonchev–Trinajstić information content (AvgIpc) is 3.44. The van der Waals surface area contributed by atoms with E-state index in [0.717, 1.165) is 23.0 Å². The number of fused-ring (bicyclic) bond motifs is 6. The van der Waals surface area contributed by atoms with Gasteiger partial charge < -0.3 is 9.73 Å². The van der Waals surface area contributed by atoms with Gasteiger partial charge in [0.05, 0.1) is 44.8 Å². The minimum Gasteiger partial charge on any atom is -0.443 e. The standard InChI is InChI=1S/C42H30ClF6N9O5S/c1-56-36-30(7-6-26(43)34(36)39(54-56)55-64(2,61)62)58-40(52-27-12-19(3-5-23(27)41(58)60)20-4-8-31-28(13-20)50-17-63-31)29(11-18-9-21(44)14-22(45)10-18)51-32(59)16-57-37-33(35(53-57)38(46)47)24-15-25(24)42(37,48)49/h3-10,12-14,17,24-25,29,38H,11,15-16H2,1-2H3,(H,51,59)(H,54,55)/t24-,25+,29-/m0/s1. The predicted molar refractivity (Wildman–Crippen MR) is 221 cm³/mol. The third-order valence-electron chi connectivity index (χ3n) is 11.5. The van der Waals surface area contributed by atoms with E-state index in [0.29, 0.717) is 33.0 Å². The van der Waals surface area contributed by atoms with E-state index in [-0.39, 0.29) is 61.7 Å². The molecule has 0 unspecified atom stereocenters. The first kappa shape index (κ1) is 41.3. The minimum atomic E-state index is -3.92. The average molecular weight is 922 g/mol. The second-order valence-corrected chi connectivity index (χ2v) is 17.9. The Bertz CT molecular complexity index is 3440. The largest absolute Gasteiger partial charge is 0.443 e. The summed E-state index contributed by atoms with van der Waals surface area (Å²) in [6.07, 6.45) is -1.50. The van der Waals surface area contributed by atoms with Gasteiger partial charge in [-0.25, -0.2) is 35.9 Å². The Morgan fingerprint density at radius 1 is 1.00 bits per heavy atom. The van der Waals surface area contributed by atoms with Crippen molar-refractivity contribution in [2.24, 2.45) is 13.0 Å². The topological polar surface area (TPSA) is 172 Å². The molecule has 14 nitrogen and oxygen atoms in total. The molecule has 2 aliphatic rings. The number of carbonyl (C=O) groups is 1. The van der Waals surface area contributed by atoms with Crippen molar-refractivity contribution >= 4 is 66.3 Å². The van der Waals surface area contributed by atoms with E-state index < -0.39 is 87.7 Å². The number of hydrogen-bond acceptors (Lipinski definition) is 9. The second-order valence-electron chi connectivity index (χ2n) is 15.8. The van der Waals surface area contributed by atoms with E-state index >= 15 is 13.6 Å². The lowest BCUT2D eigenvalue weighted by Crippen LogP contribution is -2.38. The number of benzene rings is 4. The minimum absolute atomic E-state index is 0.00792. The maximum Gasteiger partial charge on any atom is 0.293 e. The molecular formula is C42H30ClF6N9O5S. The predicted octanol–water partition coefficient (Wildman–Crippen LogP) is 7.83. The molecule has 0 aliphatic heterocycles. The van der Waals surface area contributed by atoms with Gasteiger partial charge in [-0.2, -0.15) is 19.0 Å². The van der Waals surface area contributed by atoms with Gasteiger partial charge in [-0.3, -0.25) is 28.2 Å². The van der Waals surface area contributed by atoms with Crippen LogP contribution in [0.1, 0.15) is 53.1 Å². The molecule has 3 atom stereocenters. The number of aryl methyl sites for hydroxylation is 1. The molecule has 4 aromatic heterocycles. The fourth-order valence-corrected chi connectivity index (χ4v) is 9.53. The number of nitrogens with zero attached hydrogens (tertiary/aromatic N) is 7. The number of sulfonamides is 1. The number of amides is 1. The maximum atomic E-state index is 15.6. The normalized spacial score (nSPS) is 17.0. The van der Waals surface area contributed by atoms with Crippen LogP contribution in [0.2, 0.25) is 5.02 Å². The van der Waals surface area contributed by atoms with Crippen LogP contribution in [0.3, 0.4) is 0 Å². The molecular weight excluding hydrogens is 892 g/mol. The fraction of sp³-hybridized carbons (Fsp3) is 0.238. The highest BCUT2D eigenvalue weighted by Gasteiger charge is 2.67. The van der Waals surface area contributed by atoms with E-state index in [4.69, 9.17) is 21.0 Å². The molecule has 1 fully saturated rings. The van der Waals surface area contributed by atoms with Crippen LogP contribution in [-0.4, -0.2) is 54.7 Å². The molecule has 2 N–H and O–H groups in total. The maximum absolute atomic E-state index is 15.6. The van der Waals surface area contributed by atoms with Crippen molar-refractivity contribution in [3.63, 3.8) is 0 Å². The van der Waals surface area contributed by atoms with Gasteiger partial charge in [0.15, 0.2) is 17.8 Å². The van der Waals surface area contributed by atoms with Crippen LogP contribution in [0.4, 0.5) is 32.2 Å². The molecule has 2 aliphatic carbocycles. The van der Waals surface area contributed by atoms with Crippen molar-refractivity contribution in [3.05, 3.63) is 128 Å². The zero-order valence-electron chi connectivity index (χ0n) is 33.1. The third kappa shape index (κ3) is 6.93. The van der Waals surface area contributed by atoms with Crippen molar-refractivity contribution < 1.29 is 44.0 Å². The Hall–Kier alpha value is -6.74. The van der Waals surface area contributed by atoms with Crippen molar-refractivity contribution in [3.8, 4) is 16.8 Å². The lowest BCUT2D eigenvalue weighted by molar-refractivity contribution is -0.123. The highest BCUT2D eigenvalue weighted by Crippen LogP contribution is 2.68. The molecule has 0 radical (unpaired) electrons. The molecule has 4 heterocycles. The summed E-state index contributed by atoms with van der Waals surface area (Å²) >= 11 is 6.64. The van der Waals surface area contributed by atoms with Gasteiger partial charge in [-0.15, -0.1) is 0 Å². The van der Waals surface area contributed by atoms with Gasteiger partial charge in [0.2, 0.25) is 15.9 Å². The molecule has 1 amide bonds. The Balaban J connectivity index is 1.18. The van der Waals surface area contributed by atoms with Crippen LogP contribution >= 0.6 is 11.6 Å². The summed E-state index contributed by atoms with van der Waals surface area (Å²) in [5.41, 5.74) is -0.227. The summed E-state index contributed by atoms with van der Waals surface area (Å²) in [5, 5.41) is 10.9. The number of hydrogen-bond donors (Lipinski definition) is 2. The number of aromatic nitrogens is 7. The number of oxazole rings is 1. The van der Waals surface area contributed by atoms with Crippen molar-refractivity contribution in [2.75, 3.05) is 11.0 Å². The van der Waals surface area contributed by atoms with Gasteiger partial charge in [0.25, 0.3) is 17.9 Å². The van der Waals surface area contributed by atoms with Gasteiger partial charge in [-0.1, -0.05) is 23.7 Å². The summed E-state index contributed by atoms with van der Waals surface area (Å²) < 4.78 is 124. The summed E-state index contributed by atoms with van der Waals surface area (Å²) in [6.45, 7) is -0.988. The molecule has 0 saturated heterocycles. The van der Waals surface area contributed by atoms with E-state index in [1.807, 2.05) is 0 Å². The second kappa shape index (κ2) is 14.7. The summed E-state index contributed by atoms with van der Waals surface area (Å²) in [5.74, 6) is -9.06. The number of halogens is 7. The van der Waals surface area contributed by atoms with E-state index in [2.05, 4.69) is 25.2 Å². The number of rotatable bonds is 11. The van der Waals surface area contributed by atoms with E-state index in [9.17, 15) is 30.8 Å². The highest BCUT2D eigenvalue weighted by atomic mass is 35.5. The molecule has 0 bridgehead atoms. The molecule has 64 heavy (non-hydrogen) atoms. The van der Waals surface area contributed by atoms with Gasteiger partial charge in [0, 0.05) is 31.0 Å². The zero-order valence-corrected chi connectivity index (χ0v) is 34.7. The number of alkyl halides is 4. The fourth-order valence-electron chi connectivity index (χ4n) is 8.80. The third-order valence-corrected chi connectivity index (χ3v) is 12.3. The smallest absolute Gasteiger partial charge is 0.293 e. The van der Waals surface area contributed by atoms with Gasteiger partial charge >= 0.3 is 0 Å². The van der Waals surface area contributed by atoms with Crippen molar-refractivity contribution in [1.82, 2.24) is 39.4 Å². The first-order valence-corrected chi connectivity index (χ1v) is 21.7. The van der Waals surface area contributed by atoms with Crippen LogP contribution in [0, 0.1) is 17.6 Å². The van der Waals surface area contributed by atoms with Crippen LogP contribution in [0.15, 0.2) is 82.3 Å². The highest BCUT2D eigenvalue weighted by molar-refractivity contribution is 7.92. The molecule has 22 heteroatoms. The molecule has 1 saturated carbocycles. The van der Waals surface area contributed by atoms with Gasteiger partial charge in [-0.05, 0) is 77.6 Å². The first-order valence-electron chi connectivity index (χ1n) is 19.4. The molecule has 328 valence electrons. The Kier molecular flexibility index (Phi) is 9.45. The quantitative estimate of drug-likeness (QED) is 0.123. The van der Waals surface area contributed by atoms with E-state index in [1.54, 1.807) is 30.3 Å². The van der Waals surface area contributed by atoms with Crippen molar-refractivity contribution in [1.29, 1.82) is 0 Å². The molecule has 10 rings (SSSR count). The molecule has 0 spiro atoms. The number of carbonyl (C=O) groups excluding carboxylic acids is 1. The molecule has 8 aromatic rings. The number of nitrogens with one attached hydrogen (secondary N) is 2. The summed E-state index contributed by atoms with van der Waals surface area (Å²) in [6, 6.07) is 13.8. The first-order chi connectivity index (χ1) is 30.4. The monoisotopic (exact) mass is 921 g/mol. The number of anilines is 1. The van der Waals surface area contributed by atoms with Crippen LogP contribution in [-0.2, 0) is 40.8 Å². The Morgan fingerprint density at radius 2 is 1.72 bits per heavy atom. The Morgan fingerprint density at radius 3 is 2.44 bits per heavy atom.